The van der Waals surface area contributed by atoms with Crippen LogP contribution in [-0.4, -0.2) is 6.04 Å². The van der Waals surface area contributed by atoms with Crippen molar-refractivity contribution in [3.63, 3.8) is 0 Å². The maximum atomic E-state index is 5.58. The van der Waals surface area contributed by atoms with Gasteiger partial charge in [-0.25, -0.2) is 0 Å². The molecule has 0 bridgehead atoms. The van der Waals surface area contributed by atoms with Gasteiger partial charge in [-0.3, -0.25) is 11.3 Å². The smallest absolute Gasteiger partial charge is 0.0279 e. The Labute approximate surface area is 85.5 Å². The topological polar surface area (TPSA) is 38.0 Å². The lowest BCUT2D eigenvalue weighted by Gasteiger charge is -2.31. The van der Waals surface area contributed by atoms with Gasteiger partial charge < -0.3 is 0 Å². The second-order valence-electron chi connectivity index (χ2n) is 4.07. The fourth-order valence-corrected chi connectivity index (χ4v) is 2.43. The summed E-state index contributed by atoms with van der Waals surface area (Å²) >= 11 is 0. The van der Waals surface area contributed by atoms with Crippen molar-refractivity contribution in [2.24, 2.45) is 5.84 Å². The summed E-state index contributed by atoms with van der Waals surface area (Å²) in [6, 6.07) is 11.2. The summed E-state index contributed by atoms with van der Waals surface area (Å²) in [6.07, 6.45) is 5.10. The first kappa shape index (κ1) is 9.69. The SMILES string of the molecule is NN[C@@H]1CCCC[C@@H]1c1ccccc1. The van der Waals surface area contributed by atoms with Gasteiger partial charge in [-0.05, 0) is 18.4 Å². The summed E-state index contributed by atoms with van der Waals surface area (Å²) < 4.78 is 0. The Bertz CT molecular complexity index is 271. The normalized spacial score (nSPS) is 27.5. The Morgan fingerprint density at radius 3 is 2.50 bits per heavy atom. The lowest BCUT2D eigenvalue weighted by atomic mass is 9.80. The van der Waals surface area contributed by atoms with Crippen LogP contribution in [0, 0.1) is 0 Å². The van der Waals surface area contributed by atoms with Gasteiger partial charge in [0.1, 0.15) is 0 Å². The van der Waals surface area contributed by atoms with E-state index in [9.17, 15) is 0 Å². The quantitative estimate of drug-likeness (QED) is 0.554. The summed E-state index contributed by atoms with van der Waals surface area (Å²) in [6.45, 7) is 0. The van der Waals surface area contributed by atoms with E-state index in [0.717, 1.165) is 0 Å². The molecule has 1 aliphatic rings. The maximum absolute atomic E-state index is 5.58. The van der Waals surface area contributed by atoms with Crippen molar-refractivity contribution < 1.29 is 0 Å². The van der Waals surface area contributed by atoms with Crippen molar-refractivity contribution in [1.82, 2.24) is 5.43 Å². The average Bonchev–Trinajstić information content (AvgIpc) is 2.30. The summed E-state index contributed by atoms with van der Waals surface area (Å²) in [5.74, 6) is 6.19. The maximum Gasteiger partial charge on any atom is 0.0279 e. The van der Waals surface area contributed by atoms with Crippen LogP contribution in [0.1, 0.15) is 37.2 Å². The van der Waals surface area contributed by atoms with Gasteiger partial charge >= 0.3 is 0 Å². The molecular formula is C12H18N2. The van der Waals surface area contributed by atoms with E-state index < -0.39 is 0 Å². The Hall–Kier alpha value is -0.860. The van der Waals surface area contributed by atoms with Crippen molar-refractivity contribution in [2.75, 3.05) is 0 Å². The van der Waals surface area contributed by atoms with E-state index in [4.69, 9.17) is 5.84 Å². The molecule has 0 unspecified atom stereocenters. The van der Waals surface area contributed by atoms with E-state index in [1.807, 2.05) is 0 Å². The summed E-state index contributed by atoms with van der Waals surface area (Å²) in [5, 5.41) is 0. The van der Waals surface area contributed by atoms with Crippen LogP contribution in [0.4, 0.5) is 0 Å². The lowest BCUT2D eigenvalue weighted by molar-refractivity contribution is 0.331. The minimum atomic E-state index is 0.464. The predicted octanol–water partition coefficient (Wildman–Crippen LogP) is 2.18. The number of rotatable bonds is 2. The molecule has 0 amide bonds. The fourth-order valence-electron chi connectivity index (χ4n) is 2.43. The van der Waals surface area contributed by atoms with Gasteiger partial charge in [0.2, 0.25) is 0 Å². The summed E-state index contributed by atoms with van der Waals surface area (Å²) in [4.78, 5) is 0. The monoisotopic (exact) mass is 190 g/mol. The molecule has 0 aromatic heterocycles. The Morgan fingerprint density at radius 1 is 1.07 bits per heavy atom. The Balaban J connectivity index is 2.15. The highest BCUT2D eigenvalue weighted by atomic mass is 15.2. The molecule has 2 heteroatoms. The van der Waals surface area contributed by atoms with Crippen molar-refractivity contribution in [3.05, 3.63) is 35.9 Å². The number of hydrogen-bond acceptors (Lipinski definition) is 2. The molecule has 0 spiro atoms. The van der Waals surface area contributed by atoms with Gasteiger partial charge in [-0.1, -0.05) is 43.2 Å². The van der Waals surface area contributed by atoms with E-state index in [1.54, 1.807) is 0 Å². The average molecular weight is 190 g/mol. The van der Waals surface area contributed by atoms with Crippen LogP contribution < -0.4 is 11.3 Å². The second kappa shape index (κ2) is 4.58. The van der Waals surface area contributed by atoms with E-state index in [2.05, 4.69) is 35.8 Å². The summed E-state index contributed by atoms with van der Waals surface area (Å²) in [7, 11) is 0. The van der Waals surface area contributed by atoms with Crippen molar-refractivity contribution >= 4 is 0 Å². The molecule has 1 aromatic rings. The van der Waals surface area contributed by atoms with Crippen LogP contribution in [0.5, 0.6) is 0 Å². The molecule has 0 saturated heterocycles. The number of nitrogens with one attached hydrogen (secondary N) is 1. The van der Waals surface area contributed by atoms with Gasteiger partial charge in [0.05, 0.1) is 0 Å². The molecule has 0 radical (unpaired) electrons. The highest BCUT2D eigenvalue weighted by Crippen LogP contribution is 2.32. The molecule has 1 saturated carbocycles. The van der Waals surface area contributed by atoms with Gasteiger partial charge in [0.15, 0.2) is 0 Å². The van der Waals surface area contributed by atoms with E-state index in [0.29, 0.717) is 12.0 Å². The van der Waals surface area contributed by atoms with E-state index in [1.165, 1.54) is 31.2 Å². The third-order valence-corrected chi connectivity index (χ3v) is 3.21. The van der Waals surface area contributed by atoms with Crippen LogP contribution in [0.15, 0.2) is 30.3 Å². The van der Waals surface area contributed by atoms with Gasteiger partial charge in [0.25, 0.3) is 0 Å². The minimum absolute atomic E-state index is 0.464. The van der Waals surface area contributed by atoms with Crippen molar-refractivity contribution in [3.8, 4) is 0 Å². The first-order valence-electron chi connectivity index (χ1n) is 5.43. The third kappa shape index (κ3) is 1.97. The first-order valence-corrected chi connectivity index (χ1v) is 5.43. The summed E-state index contributed by atoms with van der Waals surface area (Å²) in [5.41, 5.74) is 4.38. The van der Waals surface area contributed by atoms with Crippen LogP contribution in [-0.2, 0) is 0 Å². The van der Waals surface area contributed by atoms with Crippen LogP contribution in [0.3, 0.4) is 0 Å². The Morgan fingerprint density at radius 2 is 1.79 bits per heavy atom. The molecule has 1 fully saturated rings. The van der Waals surface area contributed by atoms with Gasteiger partial charge in [0, 0.05) is 12.0 Å². The number of hydrogen-bond donors (Lipinski definition) is 2. The molecule has 0 heterocycles. The van der Waals surface area contributed by atoms with Crippen molar-refractivity contribution in [1.29, 1.82) is 0 Å². The standard InChI is InChI=1S/C12H18N2/c13-14-12-9-5-4-8-11(12)10-6-2-1-3-7-10/h1-3,6-7,11-12,14H,4-5,8-9,13H2/t11-,12-/m1/s1. The zero-order chi connectivity index (χ0) is 9.80. The van der Waals surface area contributed by atoms with Gasteiger partial charge in [-0.15, -0.1) is 0 Å². The number of benzene rings is 1. The van der Waals surface area contributed by atoms with Gasteiger partial charge in [-0.2, -0.15) is 0 Å². The molecule has 2 nitrogen and oxygen atoms in total. The molecule has 2 rings (SSSR count). The molecule has 76 valence electrons. The Kier molecular flexibility index (Phi) is 3.17. The molecule has 1 aromatic carbocycles. The van der Waals surface area contributed by atoms with Crippen LogP contribution >= 0.6 is 0 Å². The molecule has 1 aliphatic carbocycles. The van der Waals surface area contributed by atoms with Crippen molar-refractivity contribution in [2.45, 2.75) is 37.6 Å². The fraction of sp³-hybridized carbons (Fsp3) is 0.500. The highest BCUT2D eigenvalue weighted by Gasteiger charge is 2.24. The van der Waals surface area contributed by atoms with Crippen LogP contribution in [0.2, 0.25) is 0 Å². The molecule has 0 aliphatic heterocycles. The largest absolute Gasteiger partial charge is 0.271 e. The van der Waals surface area contributed by atoms with E-state index in [-0.39, 0.29) is 0 Å². The second-order valence-corrected chi connectivity index (χ2v) is 4.07. The van der Waals surface area contributed by atoms with Crippen LogP contribution in [0.25, 0.3) is 0 Å². The third-order valence-electron chi connectivity index (χ3n) is 3.21. The zero-order valence-corrected chi connectivity index (χ0v) is 8.45. The minimum Gasteiger partial charge on any atom is -0.271 e. The zero-order valence-electron chi connectivity index (χ0n) is 8.45. The number of hydrazine groups is 1. The number of nitrogens with two attached hydrogens (primary N) is 1. The highest BCUT2D eigenvalue weighted by molar-refractivity contribution is 5.21. The molecule has 2 atom stereocenters. The molecule has 14 heavy (non-hydrogen) atoms. The first-order chi connectivity index (χ1) is 6.92. The lowest BCUT2D eigenvalue weighted by Crippen LogP contribution is -2.41. The molecular weight excluding hydrogens is 172 g/mol. The van der Waals surface area contributed by atoms with E-state index >= 15 is 0 Å². The molecule has 3 N–H and O–H groups in total. The predicted molar refractivity (Wildman–Crippen MR) is 58.8 cm³/mol.